The number of nitrogens with zero attached hydrogens (tertiary/aromatic N) is 1. The van der Waals surface area contributed by atoms with Crippen molar-refractivity contribution >= 4 is 29.0 Å². The van der Waals surface area contributed by atoms with Crippen molar-refractivity contribution in [2.45, 2.75) is 51.0 Å². The minimum Gasteiger partial charge on any atom is -0.463 e. The predicted octanol–water partition coefficient (Wildman–Crippen LogP) is 3.98. The monoisotopic (exact) mass is 396 g/mol. The van der Waals surface area contributed by atoms with Crippen molar-refractivity contribution in [3.63, 3.8) is 0 Å². The molecule has 28 heavy (non-hydrogen) atoms. The van der Waals surface area contributed by atoms with Gasteiger partial charge in [-0.1, -0.05) is 12.1 Å². The fourth-order valence-electron chi connectivity index (χ4n) is 4.64. The van der Waals surface area contributed by atoms with E-state index in [9.17, 15) is 4.79 Å². The lowest BCUT2D eigenvalue weighted by molar-refractivity contribution is -0.161. The molecule has 0 spiro atoms. The molecule has 5 rings (SSSR count). The van der Waals surface area contributed by atoms with Gasteiger partial charge in [-0.05, 0) is 79.1 Å². The summed E-state index contributed by atoms with van der Waals surface area (Å²) < 4.78 is 11.5. The van der Waals surface area contributed by atoms with Gasteiger partial charge in [-0.25, -0.2) is 9.79 Å². The van der Waals surface area contributed by atoms with Gasteiger partial charge in [0.25, 0.3) is 11.6 Å². The number of esters is 1. The third-order valence-electron chi connectivity index (χ3n) is 5.95. The van der Waals surface area contributed by atoms with Crippen molar-refractivity contribution in [2.75, 3.05) is 18.5 Å². The smallest absolute Gasteiger partial charge is 0.358 e. The van der Waals surface area contributed by atoms with E-state index in [1.54, 1.807) is 0 Å². The molecule has 2 aromatic rings. The lowest BCUT2D eigenvalue weighted by Crippen LogP contribution is -2.41. The minimum atomic E-state index is -1.17. The first kappa shape index (κ1) is 17.7. The first-order valence-electron chi connectivity index (χ1n) is 10.1. The number of carbonyl (C=O) groups excluding carboxylic acids is 1. The molecule has 0 amide bonds. The second-order valence-electron chi connectivity index (χ2n) is 7.61. The molecule has 0 bridgehead atoms. The highest BCUT2D eigenvalue weighted by Crippen LogP contribution is 2.40. The fourth-order valence-corrected chi connectivity index (χ4v) is 5.48. The van der Waals surface area contributed by atoms with Gasteiger partial charge in [0.1, 0.15) is 6.54 Å². The largest absolute Gasteiger partial charge is 0.463 e. The van der Waals surface area contributed by atoms with Gasteiger partial charge < -0.3 is 14.8 Å². The maximum absolute atomic E-state index is 12.8. The third kappa shape index (κ3) is 2.73. The summed E-state index contributed by atoms with van der Waals surface area (Å²) in [5, 5.41) is 5.43. The van der Waals surface area contributed by atoms with E-state index in [-0.39, 0.29) is 12.5 Å². The Hall–Kier alpha value is -2.34. The summed E-state index contributed by atoms with van der Waals surface area (Å²) in [6.07, 6.45) is 6.86. The zero-order chi connectivity index (χ0) is 19.1. The van der Waals surface area contributed by atoms with Crippen molar-refractivity contribution in [1.82, 2.24) is 0 Å². The van der Waals surface area contributed by atoms with Crippen LogP contribution in [0.3, 0.4) is 0 Å². The number of fused-ring (bicyclic) bond motifs is 2. The Kier molecular flexibility index (Phi) is 4.38. The zero-order valence-electron chi connectivity index (χ0n) is 16.0. The van der Waals surface area contributed by atoms with Crippen LogP contribution in [0.5, 0.6) is 0 Å². The molecule has 2 aliphatic carbocycles. The van der Waals surface area contributed by atoms with Crippen molar-refractivity contribution in [3.8, 4) is 0 Å². The Bertz CT molecular complexity index is 919. The number of carbonyl (C=O) groups is 1. The molecular weight excluding hydrogens is 372 g/mol. The summed E-state index contributed by atoms with van der Waals surface area (Å²) >= 11 is 1.49. The molecule has 3 aliphatic rings. The molecule has 6 heteroatoms. The van der Waals surface area contributed by atoms with Gasteiger partial charge in [0.15, 0.2) is 0 Å². The van der Waals surface area contributed by atoms with E-state index in [4.69, 9.17) is 9.47 Å². The minimum absolute atomic E-state index is 0.242. The van der Waals surface area contributed by atoms with Crippen LogP contribution in [0.4, 0.5) is 5.69 Å². The topological polar surface area (TPSA) is 59.9 Å². The van der Waals surface area contributed by atoms with E-state index in [1.165, 1.54) is 52.1 Å². The summed E-state index contributed by atoms with van der Waals surface area (Å²) in [7, 11) is 0. The number of ether oxygens (including phenoxy) is 2. The summed E-state index contributed by atoms with van der Waals surface area (Å²) in [5.41, 5.74) is 5.71. The first-order valence-corrected chi connectivity index (χ1v) is 11.0. The van der Waals surface area contributed by atoms with Crippen molar-refractivity contribution in [3.05, 3.63) is 50.7 Å². The highest BCUT2D eigenvalue weighted by Gasteiger charge is 2.50. The van der Waals surface area contributed by atoms with Crippen LogP contribution in [0.1, 0.15) is 46.9 Å². The van der Waals surface area contributed by atoms with Crippen molar-refractivity contribution in [1.29, 1.82) is 0 Å². The van der Waals surface area contributed by atoms with E-state index < -0.39 is 5.60 Å². The molecule has 1 atom stereocenters. The third-order valence-corrected chi connectivity index (χ3v) is 6.96. The molecule has 1 aromatic heterocycles. The average molecular weight is 397 g/mol. The summed E-state index contributed by atoms with van der Waals surface area (Å²) in [5.74, 6) is -0.374. The van der Waals surface area contributed by atoms with Crippen LogP contribution in [-0.4, -0.2) is 25.1 Å². The second-order valence-corrected chi connectivity index (χ2v) is 8.55. The second kappa shape index (κ2) is 6.92. The number of anilines is 1. The maximum atomic E-state index is 12.8. The number of amidine groups is 1. The summed E-state index contributed by atoms with van der Waals surface area (Å²) in [6.45, 7) is 2.37. The predicted molar refractivity (Wildman–Crippen MR) is 110 cm³/mol. The number of aryl methyl sites for hydroxylation is 2. The number of thiophene rings is 1. The molecular formula is C22H24N2O3S. The van der Waals surface area contributed by atoms with E-state index >= 15 is 0 Å². The van der Waals surface area contributed by atoms with Gasteiger partial charge in [0.2, 0.25) is 0 Å². The Morgan fingerprint density at radius 2 is 2.00 bits per heavy atom. The van der Waals surface area contributed by atoms with Crippen molar-refractivity contribution in [2.24, 2.45) is 4.99 Å². The van der Waals surface area contributed by atoms with Crippen LogP contribution in [0.2, 0.25) is 0 Å². The number of benzene rings is 1. The van der Waals surface area contributed by atoms with Gasteiger partial charge in [0.05, 0.1) is 11.5 Å². The fraction of sp³-hybridized carbons (Fsp3) is 0.455. The Balaban J connectivity index is 1.46. The first-order chi connectivity index (χ1) is 13.7. The summed E-state index contributed by atoms with van der Waals surface area (Å²) in [6, 6.07) is 6.67. The van der Waals surface area contributed by atoms with E-state index in [2.05, 4.69) is 16.4 Å². The lowest BCUT2D eigenvalue weighted by atomic mass is 9.99. The lowest BCUT2D eigenvalue weighted by Gasteiger charge is -2.25. The van der Waals surface area contributed by atoms with Crippen LogP contribution >= 0.6 is 11.3 Å². The zero-order valence-corrected chi connectivity index (χ0v) is 16.9. The molecule has 1 N–H and O–H groups in total. The molecule has 1 aromatic carbocycles. The average Bonchev–Trinajstić information content (AvgIpc) is 3.47. The van der Waals surface area contributed by atoms with E-state index in [0.29, 0.717) is 12.6 Å². The number of hydrogen-bond donors (Lipinski definition) is 1. The molecule has 0 radical (unpaired) electrons. The normalized spacial score (nSPS) is 22.4. The molecule has 0 saturated carbocycles. The van der Waals surface area contributed by atoms with Gasteiger partial charge >= 0.3 is 5.97 Å². The molecule has 5 nitrogen and oxygen atoms in total. The van der Waals surface area contributed by atoms with Gasteiger partial charge in [-0.3, -0.25) is 0 Å². The number of aliphatic imine (C=N–C) groups is 1. The van der Waals surface area contributed by atoms with Crippen LogP contribution < -0.4 is 5.32 Å². The maximum Gasteiger partial charge on any atom is 0.358 e. The van der Waals surface area contributed by atoms with E-state index in [1.807, 2.05) is 24.4 Å². The van der Waals surface area contributed by atoms with Crippen LogP contribution in [0, 0.1) is 0 Å². The Morgan fingerprint density at radius 1 is 1.25 bits per heavy atom. The van der Waals surface area contributed by atoms with Crippen LogP contribution in [0.15, 0.2) is 28.6 Å². The quantitative estimate of drug-likeness (QED) is 0.794. The number of hydrogen-bond acceptors (Lipinski definition) is 6. The molecule has 2 heterocycles. The van der Waals surface area contributed by atoms with Gasteiger partial charge in [-0.2, -0.15) is 0 Å². The van der Waals surface area contributed by atoms with Gasteiger partial charge in [-0.15, -0.1) is 11.3 Å². The van der Waals surface area contributed by atoms with Crippen LogP contribution in [-0.2, 0) is 45.6 Å². The molecule has 146 valence electrons. The highest BCUT2D eigenvalue weighted by molar-refractivity contribution is 7.10. The Morgan fingerprint density at radius 3 is 2.64 bits per heavy atom. The van der Waals surface area contributed by atoms with Gasteiger partial charge in [0, 0.05) is 5.69 Å². The number of rotatable bonds is 4. The van der Waals surface area contributed by atoms with Crippen LogP contribution in [0.25, 0.3) is 0 Å². The highest BCUT2D eigenvalue weighted by atomic mass is 32.1. The Labute approximate surface area is 168 Å². The SMILES string of the molecule is CCOC(=O)C1(c2cccs2)CN=C(Nc2c3c(cc4c2CCC4)CCC3)O1. The van der Waals surface area contributed by atoms with E-state index in [0.717, 1.165) is 30.6 Å². The molecule has 0 saturated heterocycles. The molecule has 0 fully saturated rings. The van der Waals surface area contributed by atoms with Crippen molar-refractivity contribution < 1.29 is 14.3 Å². The standard InChI is InChI=1S/C22H24N2O3S/c1-2-26-20(25)22(18-10-5-11-28-18)13-23-21(27-22)24-19-16-8-3-6-14(16)12-15-7-4-9-17(15)19/h5,10-12H,2-4,6-9,13H2,1H3,(H,23,24). The number of nitrogens with one attached hydrogen (secondary N) is 1. The molecule has 1 unspecified atom stereocenters. The summed E-state index contributed by atoms with van der Waals surface area (Å²) in [4.78, 5) is 18.2. The molecule has 1 aliphatic heterocycles.